The van der Waals surface area contributed by atoms with Crippen LogP contribution in [0.25, 0.3) is 0 Å². The number of carbonyl (C=O) groups is 4. The van der Waals surface area contributed by atoms with Crippen molar-refractivity contribution in [1.29, 1.82) is 0 Å². The van der Waals surface area contributed by atoms with Crippen LogP contribution in [0.1, 0.15) is 59.0 Å². The van der Waals surface area contributed by atoms with Crippen LogP contribution in [0, 0.1) is 5.92 Å². The lowest BCUT2D eigenvalue weighted by molar-refractivity contribution is -0.177. The molecular formula is C54H51N5O8. The molecule has 7 atom stereocenters. The van der Waals surface area contributed by atoms with Crippen molar-refractivity contribution < 1.29 is 38.5 Å². The number of amides is 4. The van der Waals surface area contributed by atoms with Gasteiger partial charge in [-0.3, -0.25) is 19.3 Å². The number of fused-ring (bicyclic) bond motifs is 3. The number of hydrogen-bond donors (Lipinski definition) is 3. The summed E-state index contributed by atoms with van der Waals surface area (Å²) < 4.78 is 18.5. The van der Waals surface area contributed by atoms with E-state index >= 15 is 14.4 Å². The second-order valence-electron chi connectivity index (χ2n) is 17.2. The summed E-state index contributed by atoms with van der Waals surface area (Å²) in [6, 6.07) is 45.7. The maximum absolute atomic E-state index is 16.5. The Morgan fingerprint density at radius 2 is 1.39 bits per heavy atom. The highest BCUT2D eigenvalue weighted by molar-refractivity contribution is 6.25. The van der Waals surface area contributed by atoms with E-state index in [0.29, 0.717) is 41.3 Å². The fourth-order valence-corrected chi connectivity index (χ4v) is 10.7. The van der Waals surface area contributed by atoms with E-state index in [-0.39, 0.29) is 18.9 Å². The zero-order valence-corrected chi connectivity index (χ0v) is 36.9. The monoisotopic (exact) mass is 897 g/mol. The van der Waals surface area contributed by atoms with Crippen molar-refractivity contribution in [3.05, 3.63) is 192 Å². The predicted octanol–water partition coefficient (Wildman–Crippen LogP) is 7.67. The smallest absolute Gasteiger partial charge is 0.329 e. The Morgan fingerprint density at radius 3 is 2.09 bits per heavy atom. The van der Waals surface area contributed by atoms with Crippen LogP contribution in [0.3, 0.4) is 0 Å². The number of nitrogens with one attached hydrogen (secondary N) is 2. The van der Waals surface area contributed by atoms with Gasteiger partial charge in [-0.25, -0.2) is 9.69 Å². The predicted molar refractivity (Wildman–Crippen MR) is 252 cm³/mol. The number of rotatable bonds is 11. The first-order chi connectivity index (χ1) is 32.8. The van der Waals surface area contributed by atoms with Crippen LogP contribution in [0.2, 0.25) is 0 Å². The van der Waals surface area contributed by atoms with E-state index in [1.807, 2.05) is 139 Å². The number of nitrogens with zero attached hydrogens (tertiary/aromatic N) is 3. The first-order valence-corrected chi connectivity index (χ1v) is 22.7. The number of hydrogen-bond acceptors (Lipinski definition) is 10. The van der Waals surface area contributed by atoms with Crippen LogP contribution < -0.4 is 25.2 Å². The van der Waals surface area contributed by atoms with Gasteiger partial charge in [-0.15, -0.1) is 0 Å². The summed E-state index contributed by atoms with van der Waals surface area (Å²) in [5.41, 5.74) is 2.90. The molecule has 340 valence electrons. The zero-order valence-electron chi connectivity index (χ0n) is 36.9. The van der Waals surface area contributed by atoms with Crippen molar-refractivity contribution >= 4 is 40.9 Å². The van der Waals surface area contributed by atoms with E-state index in [1.54, 1.807) is 36.4 Å². The van der Waals surface area contributed by atoms with Gasteiger partial charge in [0.1, 0.15) is 29.9 Å². The molecule has 3 N–H and O–H groups in total. The van der Waals surface area contributed by atoms with Gasteiger partial charge in [-0.1, -0.05) is 127 Å². The van der Waals surface area contributed by atoms with E-state index in [0.717, 1.165) is 34.8 Å². The van der Waals surface area contributed by atoms with Gasteiger partial charge < -0.3 is 34.9 Å². The molecular weight excluding hydrogens is 847 g/mol. The molecule has 7 unspecified atom stereocenters. The lowest BCUT2D eigenvalue weighted by atomic mass is 9.65. The minimum atomic E-state index is -1.97. The van der Waals surface area contributed by atoms with Crippen LogP contribution >= 0.6 is 0 Å². The molecule has 6 aromatic rings. The van der Waals surface area contributed by atoms with Crippen LogP contribution in [0.15, 0.2) is 164 Å². The fraction of sp³-hybridized carbons (Fsp3) is 0.259. The molecule has 4 amide bonds. The number of imide groups is 1. The summed E-state index contributed by atoms with van der Waals surface area (Å²) in [7, 11) is 0. The van der Waals surface area contributed by atoms with Gasteiger partial charge in [0, 0.05) is 30.0 Å². The average Bonchev–Trinajstić information content (AvgIpc) is 3.83. The Labute approximate surface area is 388 Å². The summed E-state index contributed by atoms with van der Waals surface area (Å²) in [5, 5.41) is 16.3. The molecule has 67 heavy (non-hydrogen) atoms. The average molecular weight is 898 g/mol. The Morgan fingerprint density at radius 1 is 0.761 bits per heavy atom. The number of anilines is 3. The highest BCUT2D eigenvalue weighted by Gasteiger charge is 2.76. The molecule has 4 heterocycles. The summed E-state index contributed by atoms with van der Waals surface area (Å²) in [6.45, 7) is 4.14. The molecule has 6 aromatic carbocycles. The number of carbonyl (C=O) groups excluding carboxylic acids is 4. The summed E-state index contributed by atoms with van der Waals surface area (Å²) in [5.74, 6) is -3.16. The van der Waals surface area contributed by atoms with E-state index in [4.69, 9.17) is 14.2 Å². The van der Waals surface area contributed by atoms with Crippen LogP contribution in [0.4, 0.5) is 21.9 Å². The maximum atomic E-state index is 16.5. The highest BCUT2D eigenvalue weighted by Crippen LogP contribution is 2.66. The normalized spacial score (nSPS) is 23.8. The van der Waals surface area contributed by atoms with Crippen LogP contribution in [-0.2, 0) is 29.3 Å². The number of benzene rings is 6. The summed E-state index contributed by atoms with van der Waals surface area (Å²) in [6.07, 6.45) is -0.898. The lowest BCUT2D eigenvalue weighted by Gasteiger charge is -2.46. The molecule has 1 spiro atoms. The number of aliphatic hydroxyl groups is 1. The van der Waals surface area contributed by atoms with E-state index < -0.39 is 65.4 Å². The van der Waals surface area contributed by atoms with E-state index in [1.165, 1.54) is 0 Å². The molecule has 0 aliphatic carbocycles. The molecule has 13 nitrogen and oxygen atoms in total. The van der Waals surface area contributed by atoms with Crippen molar-refractivity contribution in [2.24, 2.45) is 5.92 Å². The number of urea groups is 1. The second kappa shape index (κ2) is 18.5. The Kier molecular flexibility index (Phi) is 12.0. The molecule has 3 fully saturated rings. The molecule has 4 aliphatic heterocycles. The quantitative estimate of drug-likeness (QED) is 0.111. The summed E-state index contributed by atoms with van der Waals surface area (Å²) in [4.78, 5) is 68.0. The van der Waals surface area contributed by atoms with Gasteiger partial charge in [0.15, 0.2) is 0 Å². The Hall–Kier alpha value is -7.32. The molecule has 0 aromatic heterocycles. The molecule has 10 rings (SSSR count). The molecule has 3 saturated heterocycles. The maximum Gasteiger partial charge on any atom is 0.329 e. The molecule has 0 bridgehead atoms. The second-order valence-corrected chi connectivity index (χ2v) is 17.2. The topological polar surface area (TPSA) is 150 Å². The largest absolute Gasteiger partial charge is 0.491 e. The van der Waals surface area contributed by atoms with Crippen LogP contribution in [0.5, 0.6) is 5.75 Å². The van der Waals surface area contributed by atoms with Crippen molar-refractivity contribution in [1.82, 2.24) is 10.2 Å². The third-order valence-corrected chi connectivity index (χ3v) is 13.6. The van der Waals surface area contributed by atoms with Crippen LogP contribution in [-0.4, -0.2) is 79.4 Å². The Balaban J connectivity index is 1.20. The molecule has 4 aliphatic rings. The van der Waals surface area contributed by atoms with Gasteiger partial charge in [0.25, 0.3) is 0 Å². The molecule has 0 radical (unpaired) electrons. The number of aliphatic hydroxyl groups excluding tert-OH is 1. The zero-order chi connectivity index (χ0) is 46.1. The number of para-hydroxylation sites is 2. The number of esters is 1. The van der Waals surface area contributed by atoms with Gasteiger partial charge >= 0.3 is 12.0 Å². The number of morpholine rings is 2. The Bertz CT molecular complexity index is 2750. The van der Waals surface area contributed by atoms with E-state index in [9.17, 15) is 9.90 Å². The van der Waals surface area contributed by atoms with Crippen molar-refractivity contribution in [3.63, 3.8) is 0 Å². The van der Waals surface area contributed by atoms with Gasteiger partial charge in [0.05, 0.1) is 49.6 Å². The fourth-order valence-electron chi connectivity index (χ4n) is 10.7. The first-order valence-electron chi connectivity index (χ1n) is 22.7. The third-order valence-electron chi connectivity index (χ3n) is 13.6. The van der Waals surface area contributed by atoms with Crippen molar-refractivity contribution in [2.75, 3.05) is 54.6 Å². The summed E-state index contributed by atoms with van der Waals surface area (Å²) >= 11 is 0. The van der Waals surface area contributed by atoms with Gasteiger partial charge in [-0.2, -0.15) is 0 Å². The van der Waals surface area contributed by atoms with Crippen molar-refractivity contribution in [2.45, 2.75) is 42.6 Å². The first kappa shape index (κ1) is 43.6. The van der Waals surface area contributed by atoms with Gasteiger partial charge in [0.2, 0.25) is 11.8 Å². The standard InChI is InChI=1S/C54H51N5O8/c1-35(36-15-5-2-6-16-36)55-53(64)58-43-23-13-12-22-42(43)54(52(58)63)45(50(61)56-39-25-27-40(28-26-39)57-29-32-65-33-30-57)47-51(62)67-48(38-19-9-4-10-20-38)46(37-17-7-3-8-18-37)59(47)49(54)41-21-11-14-24-44(41)66-34-31-60/h2-28,35,45-49,60H,29-34H2,1H3,(H,55,64)(H,56,61). The SMILES string of the molecule is CC(NC(=O)N1C(=O)C2(c3ccccc31)C(C(=O)Nc1ccc(N3CCOCC3)cc1)C1C(=O)OC(c3ccccc3)C(c3ccccc3)N1C2c1ccccc1OCCO)c1ccccc1. The van der Waals surface area contributed by atoms with Gasteiger partial charge in [-0.05, 0) is 65.6 Å². The third kappa shape index (κ3) is 7.68. The minimum absolute atomic E-state index is 0.0717. The molecule has 13 heteroatoms. The number of ether oxygens (including phenoxy) is 3. The minimum Gasteiger partial charge on any atom is -0.491 e. The molecule has 0 saturated carbocycles. The van der Waals surface area contributed by atoms with E-state index in [2.05, 4.69) is 15.5 Å². The highest BCUT2D eigenvalue weighted by atomic mass is 16.6. The van der Waals surface area contributed by atoms with Crippen molar-refractivity contribution in [3.8, 4) is 5.75 Å². The number of cyclic esters (lactones) is 1. The lowest BCUT2D eigenvalue weighted by Crippen LogP contribution is -2.55.